The Morgan fingerprint density at radius 1 is 1.15 bits per heavy atom. The first kappa shape index (κ1) is 23.1. The molecule has 1 N–H and O–H groups in total. The third-order valence-electron chi connectivity index (χ3n) is 4.47. The van der Waals surface area contributed by atoms with Crippen molar-refractivity contribution in [3.8, 4) is 28.5 Å². The minimum atomic E-state index is -1.25. The molecule has 4 aromatic rings. The molecule has 2 aromatic heterocycles. The number of aromatic nitrogens is 2. The number of ether oxygens (including phenoxy) is 1. The Bertz CT molecular complexity index is 1400. The highest BCUT2D eigenvalue weighted by Gasteiger charge is 2.21. The van der Waals surface area contributed by atoms with Gasteiger partial charge in [-0.15, -0.1) is 10.2 Å². The van der Waals surface area contributed by atoms with E-state index in [1.165, 1.54) is 37.5 Å². The fourth-order valence-electron chi connectivity index (χ4n) is 2.89. The molecule has 0 saturated heterocycles. The van der Waals surface area contributed by atoms with Crippen molar-refractivity contribution in [2.75, 3.05) is 7.11 Å². The van der Waals surface area contributed by atoms with E-state index in [1.807, 2.05) is 0 Å². The molecule has 0 fully saturated rings. The monoisotopic (exact) mass is 499 g/mol. The van der Waals surface area contributed by atoms with E-state index in [0.29, 0.717) is 16.3 Å². The molecule has 34 heavy (non-hydrogen) atoms. The third-order valence-corrected chi connectivity index (χ3v) is 5.58. The first-order chi connectivity index (χ1) is 16.3. The molecule has 4 rings (SSSR count). The molecule has 0 bridgehead atoms. The van der Waals surface area contributed by atoms with Gasteiger partial charge in [0.2, 0.25) is 5.89 Å². The van der Waals surface area contributed by atoms with Crippen LogP contribution in [-0.4, -0.2) is 33.3 Å². The second-order valence-corrected chi connectivity index (χ2v) is 8.07. The van der Waals surface area contributed by atoms with Crippen molar-refractivity contribution in [2.45, 2.75) is 5.22 Å². The Kier molecular flexibility index (Phi) is 6.66. The highest BCUT2D eigenvalue weighted by molar-refractivity contribution is 8.03. The summed E-state index contributed by atoms with van der Waals surface area (Å²) in [4.78, 5) is 22.5. The lowest BCUT2D eigenvalue weighted by Gasteiger charge is -2.03. The maximum absolute atomic E-state index is 11.8. The maximum Gasteiger partial charge on any atom is 0.342 e. The molecule has 0 aliphatic heterocycles. The van der Waals surface area contributed by atoms with Crippen molar-refractivity contribution >= 4 is 41.1 Å². The number of carbonyl (C=O) groups is 1. The molecule has 0 amide bonds. The van der Waals surface area contributed by atoms with Crippen molar-refractivity contribution in [2.24, 2.45) is 0 Å². The summed E-state index contributed by atoms with van der Waals surface area (Å²) in [6, 6.07) is 14.1. The minimum Gasteiger partial charge on any atom is -0.497 e. The maximum atomic E-state index is 11.8. The molecule has 2 aromatic carbocycles. The van der Waals surface area contributed by atoms with E-state index in [4.69, 9.17) is 25.2 Å². The summed E-state index contributed by atoms with van der Waals surface area (Å²) in [5, 5.41) is 29.4. The summed E-state index contributed by atoms with van der Waals surface area (Å²) in [7, 11) is 1.40. The number of aliphatic carboxylic acids is 1. The number of methoxy groups -OCH3 is 1. The van der Waals surface area contributed by atoms with E-state index >= 15 is 0 Å². The van der Waals surface area contributed by atoms with Crippen LogP contribution in [-0.2, 0) is 4.79 Å². The van der Waals surface area contributed by atoms with Crippen LogP contribution in [0.2, 0.25) is 5.02 Å². The molecule has 0 radical (unpaired) electrons. The molecular formula is C22H14ClN3O7S. The number of rotatable bonds is 8. The van der Waals surface area contributed by atoms with Gasteiger partial charge in [-0.1, -0.05) is 11.6 Å². The molecule has 172 valence electrons. The summed E-state index contributed by atoms with van der Waals surface area (Å²) >= 11 is 6.61. The van der Waals surface area contributed by atoms with E-state index < -0.39 is 10.9 Å². The lowest BCUT2D eigenvalue weighted by Crippen LogP contribution is -1.96. The molecule has 2 heterocycles. The van der Waals surface area contributed by atoms with Crippen LogP contribution in [0.25, 0.3) is 28.9 Å². The van der Waals surface area contributed by atoms with Crippen molar-refractivity contribution in [3.63, 3.8) is 0 Å². The molecule has 0 atom stereocenters. The number of carboxylic acid groups (broad SMARTS) is 1. The number of benzene rings is 2. The Balaban J connectivity index is 1.59. The van der Waals surface area contributed by atoms with Crippen LogP contribution in [0.5, 0.6) is 5.75 Å². The Morgan fingerprint density at radius 3 is 2.59 bits per heavy atom. The fraction of sp³-hybridized carbons (Fsp3) is 0.0455. The predicted octanol–water partition coefficient (Wildman–Crippen LogP) is 5.78. The first-order valence-corrected chi connectivity index (χ1v) is 10.7. The van der Waals surface area contributed by atoms with Crippen molar-refractivity contribution in [3.05, 3.63) is 80.4 Å². The number of hydrogen-bond donors (Lipinski definition) is 1. The highest BCUT2D eigenvalue weighted by Crippen LogP contribution is 2.36. The van der Waals surface area contributed by atoms with Crippen LogP contribution >= 0.6 is 23.4 Å². The van der Waals surface area contributed by atoms with Gasteiger partial charge < -0.3 is 18.7 Å². The van der Waals surface area contributed by atoms with Gasteiger partial charge in [0, 0.05) is 16.7 Å². The summed E-state index contributed by atoms with van der Waals surface area (Å²) in [5.74, 6) is -0.356. The molecule has 0 aliphatic rings. The van der Waals surface area contributed by atoms with Gasteiger partial charge in [-0.25, -0.2) is 4.79 Å². The number of thioether (sulfide) groups is 1. The average Bonchev–Trinajstić information content (AvgIpc) is 3.48. The van der Waals surface area contributed by atoms with Gasteiger partial charge in [0.25, 0.3) is 10.9 Å². The van der Waals surface area contributed by atoms with Gasteiger partial charge in [0.15, 0.2) is 0 Å². The lowest BCUT2D eigenvalue weighted by atomic mass is 10.1. The number of carboxylic acids is 1. The summed E-state index contributed by atoms with van der Waals surface area (Å²) in [6.07, 6.45) is 1.26. The van der Waals surface area contributed by atoms with Crippen LogP contribution in [0.15, 0.2) is 73.6 Å². The van der Waals surface area contributed by atoms with Crippen molar-refractivity contribution in [1.29, 1.82) is 0 Å². The van der Waals surface area contributed by atoms with Gasteiger partial charge in [-0.3, -0.25) is 10.1 Å². The zero-order chi connectivity index (χ0) is 24.2. The van der Waals surface area contributed by atoms with E-state index in [9.17, 15) is 20.0 Å². The van der Waals surface area contributed by atoms with E-state index in [-0.39, 0.29) is 38.8 Å². The molecule has 0 unspecified atom stereocenters. The standard InChI is InChI=1S/C22H14ClN3O7S/c1-31-14-6-8-16(17(10-14)26(29)30)18-9-7-15(32-18)11-19(21(27)28)34-22-25-24-20(33-22)12-2-4-13(23)5-3-12/h2-11H,1H3,(H,27,28)/b19-11-. The van der Waals surface area contributed by atoms with Gasteiger partial charge in [-0.2, -0.15) is 0 Å². The van der Waals surface area contributed by atoms with Crippen LogP contribution in [0.1, 0.15) is 5.76 Å². The van der Waals surface area contributed by atoms with Gasteiger partial charge in [-0.05, 0) is 60.3 Å². The number of hydrogen-bond acceptors (Lipinski definition) is 9. The highest BCUT2D eigenvalue weighted by atomic mass is 35.5. The second-order valence-electron chi connectivity index (χ2n) is 6.64. The third kappa shape index (κ3) is 5.11. The number of nitro groups is 1. The smallest absolute Gasteiger partial charge is 0.342 e. The molecule has 0 aliphatic carbocycles. The minimum absolute atomic E-state index is 0.0103. The second kappa shape index (κ2) is 9.81. The van der Waals surface area contributed by atoms with Crippen molar-refractivity contribution in [1.82, 2.24) is 10.2 Å². The number of furan rings is 1. The van der Waals surface area contributed by atoms with Gasteiger partial charge >= 0.3 is 5.97 Å². The quantitative estimate of drug-likeness (QED) is 0.137. The van der Waals surface area contributed by atoms with Gasteiger partial charge in [0.05, 0.1) is 23.7 Å². The molecule has 10 nitrogen and oxygen atoms in total. The van der Waals surface area contributed by atoms with Crippen LogP contribution in [0, 0.1) is 10.1 Å². The normalized spacial score (nSPS) is 11.4. The Hall–Kier alpha value is -4.09. The summed E-state index contributed by atoms with van der Waals surface area (Å²) in [5.41, 5.74) is 0.638. The number of nitro benzene ring substituents is 1. The summed E-state index contributed by atoms with van der Waals surface area (Å²) in [6.45, 7) is 0. The van der Waals surface area contributed by atoms with Crippen LogP contribution < -0.4 is 4.74 Å². The van der Waals surface area contributed by atoms with E-state index in [1.54, 1.807) is 30.3 Å². The first-order valence-electron chi connectivity index (χ1n) is 9.49. The molecule has 0 saturated carbocycles. The lowest BCUT2D eigenvalue weighted by molar-refractivity contribution is -0.384. The molecule has 12 heteroatoms. The molecular weight excluding hydrogens is 486 g/mol. The Morgan fingerprint density at radius 2 is 1.91 bits per heavy atom. The van der Waals surface area contributed by atoms with Crippen LogP contribution in [0.3, 0.4) is 0 Å². The largest absolute Gasteiger partial charge is 0.497 e. The molecule has 0 spiro atoms. The van der Waals surface area contributed by atoms with E-state index in [2.05, 4.69) is 10.2 Å². The van der Waals surface area contributed by atoms with Crippen LogP contribution in [0.4, 0.5) is 5.69 Å². The zero-order valence-electron chi connectivity index (χ0n) is 17.3. The topological polar surface area (TPSA) is 142 Å². The van der Waals surface area contributed by atoms with Gasteiger partial charge in [0.1, 0.15) is 22.2 Å². The van der Waals surface area contributed by atoms with E-state index in [0.717, 1.165) is 11.8 Å². The number of nitrogens with zero attached hydrogens (tertiary/aromatic N) is 3. The Labute approximate surface area is 201 Å². The predicted molar refractivity (Wildman–Crippen MR) is 124 cm³/mol. The van der Waals surface area contributed by atoms with Crippen molar-refractivity contribution < 1.29 is 28.4 Å². The fourth-order valence-corrected chi connectivity index (χ4v) is 3.67. The average molecular weight is 500 g/mol. The number of halogens is 1. The zero-order valence-corrected chi connectivity index (χ0v) is 18.9. The summed E-state index contributed by atoms with van der Waals surface area (Å²) < 4.78 is 16.2. The SMILES string of the molecule is COc1ccc(-c2ccc(/C=C(\Sc3nnc(-c4ccc(Cl)cc4)o3)C(=O)O)o2)c([N+](=O)[O-])c1.